The van der Waals surface area contributed by atoms with Gasteiger partial charge in [0.1, 0.15) is 6.04 Å². The Kier molecular flexibility index (Phi) is 5.62. The zero-order valence-corrected chi connectivity index (χ0v) is 16.9. The van der Waals surface area contributed by atoms with Gasteiger partial charge in [-0.3, -0.25) is 14.4 Å². The number of rotatable bonds is 4. The van der Waals surface area contributed by atoms with Crippen molar-refractivity contribution >= 4 is 57.6 Å². The fourth-order valence-electron chi connectivity index (χ4n) is 2.97. The molecule has 1 fully saturated rings. The van der Waals surface area contributed by atoms with Crippen LogP contribution in [0.4, 0.5) is 5.69 Å². The maximum absolute atomic E-state index is 12.9. The van der Waals surface area contributed by atoms with Crippen LogP contribution in [-0.4, -0.2) is 28.7 Å². The van der Waals surface area contributed by atoms with Crippen molar-refractivity contribution in [2.75, 3.05) is 4.90 Å². The first-order valence-electron chi connectivity index (χ1n) is 8.01. The summed E-state index contributed by atoms with van der Waals surface area (Å²) in [6, 6.07) is 13.4. The molecule has 134 valence electrons. The first-order valence-corrected chi connectivity index (χ1v) is 9.47. The normalized spacial score (nSPS) is 16.9. The van der Waals surface area contributed by atoms with Crippen LogP contribution in [0.5, 0.6) is 0 Å². The predicted octanol–water partition coefficient (Wildman–Crippen LogP) is 3.63. The summed E-state index contributed by atoms with van der Waals surface area (Å²) < 4.78 is 1.01. The Morgan fingerprint density at radius 1 is 1.19 bits per heavy atom. The number of imide groups is 1. The third-order valence-corrected chi connectivity index (χ3v) is 5.37. The molecule has 0 N–H and O–H groups in total. The molecule has 0 aromatic heterocycles. The molecule has 1 saturated heterocycles. The van der Waals surface area contributed by atoms with Crippen LogP contribution in [-0.2, 0) is 20.9 Å². The molecule has 5 nitrogen and oxygen atoms in total. The maximum atomic E-state index is 12.9. The second kappa shape index (κ2) is 7.75. The number of hydrogen-bond acceptors (Lipinski definition) is 3. The number of halogens is 2. The highest BCUT2D eigenvalue weighted by molar-refractivity contribution is 14.1. The lowest BCUT2D eigenvalue weighted by Crippen LogP contribution is -2.44. The Hall–Kier alpha value is -1.93. The number of nitrogens with zero attached hydrogens (tertiary/aromatic N) is 2. The van der Waals surface area contributed by atoms with Gasteiger partial charge in [0.05, 0.1) is 12.1 Å². The van der Waals surface area contributed by atoms with E-state index in [-0.39, 0.29) is 24.8 Å². The van der Waals surface area contributed by atoms with Crippen LogP contribution >= 0.6 is 34.2 Å². The van der Waals surface area contributed by atoms with E-state index in [1.165, 1.54) is 11.8 Å². The third kappa shape index (κ3) is 3.76. The van der Waals surface area contributed by atoms with E-state index < -0.39 is 11.9 Å². The summed E-state index contributed by atoms with van der Waals surface area (Å²) in [5.41, 5.74) is 1.25. The molecule has 0 bridgehead atoms. The second-order valence-electron chi connectivity index (χ2n) is 6.00. The van der Waals surface area contributed by atoms with Gasteiger partial charge in [-0.05, 0) is 58.5 Å². The molecule has 1 unspecified atom stereocenters. The summed E-state index contributed by atoms with van der Waals surface area (Å²) in [6.07, 6.45) is -0.0329. The number of amides is 3. The number of carbonyl (C=O) groups is 3. The van der Waals surface area contributed by atoms with Crippen LogP contribution in [0.2, 0.25) is 5.02 Å². The monoisotopic (exact) mass is 482 g/mol. The maximum Gasteiger partial charge on any atom is 0.257 e. The standard InChI is InChI=1S/C19H16ClIN2O3/c1-12(24)22(11-13-4-2-3-5-16(13)20)17-10-18(25)23(19(17)26)15-8-6-14(21)7-9-15/h2-9,17H,10-11H2,1H3. The number of anilines is 1. The molecule has 0 saturated carbocycles. The first kappa shape index (κ1) is 18.8. The second-order valence-corrected chi connectivity index (χ2v) is 7.65. The fourth-order valence-corrected chi connectivity index (χ4v) is 3.53. The SMILES string of the molecule is CC(=O)N(Cc1ccccc1Cl)C1CC(=O)N(c2ccc(I)cc2)C1=O. The first-order chi connectivity index (χ1) is 12.4. The topological polar surface area (TPSA) is 57.7 Å². The molecule has 7 heteroatoms. The van der Waals surface area contributed by atoms with Gasteiger partial charge in [0.25, 0.3) is 5.91 Å². The molecule has 3 rings (SSSR count). The Labute approximate surface area is 170 Å². The van der Waals surface area contributed by atoms with Gasteiger partial charge in [-0.25, -0.2) is 4.90 Å². The third-order valence-electron chi connectivity index (χ3n) is 4.29. The lowest BCUT2D eigenvalue weighted by atomic mass is 10.1. The van der Waals surface area contributed by atoms with Crippen molar-refractivity contribution in [1.82, 2.24) is 4.90 Å². The van der Waals surface area contributed by atoms with E-state index in [1.807, 2.05) is 18.2 Å². The van der Waals surface area contributed by atoms with Crippen molar-refractivity contribution < 1.29 is 14.4 Å². The minimum atomic E-state index is -0.824. The van der Waals surface area contributed by atoms with Gasteiger partial charge in [0.15, 0.2) is 0 Å². The van der Waals surface area contributed by atoms with E-state index in [0.717, 1.165) is 14.0 Å². The molecule has 1 aliphatic rings. The molecular weight excluding hydrogens is 467 g/mol. The molecule has 2 aromatic rings. The average molecular weight is 483 g/mol. The van der Waals surface area contributed by atoms with Crippen molar-refractivity contribution in [3.63, 3.8) is 0 Å². The lowest BCUT2D eigenvalue weighted by Gasteiger charge is -2.27. The number of carbonyl (C=O) groups excluding carboxylic acids is 3. The summed E-state index contributed by atoms with van der Waals surface area (Å²) >= 11 is 8.34. The minimum absolute atomic E-state index is 0.0329. The Bertz CT molecular complexity index is 869. The summed E-state index contributed by atoms with van der Waals surface area (Å²) in [7, 11) is 0. The predicted molar refractivity (Wildman–Crippen MR) is 108 cm³/mol. The smallest absolute Gasteiger partial charge is 0.257 e. The van der Waals surface area contributed by atoms with Gasteiger partial charge in [0.2, 0.25) is 11.8 Å². The summed E-state index contributed by atoms with van der Waals surface area (Å²) in [5, 5.41) is 0.519. The molecule has 2 aromatic carbocycles. The van der Waals surface area contributed by atoms with E-state index in [4.69, 9.17) is 11.6 Å². The molecule has 0 aliphatic carbocycles. The van der Waals surface area contributed by atoms with E-state index >= 15 is 0 Å². The van der Waals surface area contributed by atoms with Crippen LogP contribution in [0.1, 0.15) is 18.9 Å². The van der Waals surface area contributed by atoms with Crippen LogP contribution in [0.25, 0.3) is 0 Å². The minimum Gasteiger partial charge on any atom is -0.326 e. The molecule has 1 heterocycles. The molecule has 0 spiro atoms. The highest BCUT2D eigenvalue weighted by atomic mass is 127. The summed E-state index contributed by atoms with van der Waals surface area (Å²) in [4.78, 5) is 40.1. The van der Waals surface area contributed by atoms with Gasteiger partial charge in [-0.2, -0.15) is 0 Å². The van der Waals surface area contributed by atoms with Crippen molar-refractivity contribution in [3.8, 4) is 0 Å². The molecule has 1 atom stereocenters. The largest absolute Gasteiger partial charge is 0.326 e. The molecule has 1 aliphatic heterocycles. The zero-order valence-electron chi connectivity index (χ0n) is 14.0. The number of benzene rings is 2. The lowest BCUT2D eigenvalue weighted by molar-refractivity contribution is -0.137. The van der Waals surface area contributed by atoms with E-state index in [9.17, 15) is 14.4 Å². The molecular formula is C19H16ClIN2O3. The Morgan fingerprint density at radius 3 is 2.46 bits per heavy atom. The van der Waals surface area contributed by atoms with E-state index in [1.54, 1.807) is 30.3 Å². The van der Waals surface area contributed by atoms with Crippen LogP contribution in [0.3, 0.4) is 0 Å². The highest BCUT2D eigenvalue weighted by Crippen LogP contribution is 2.28. The van der Waals surface area contributed by atoms with Crippen molar-refractivity contribution in [3.05, 3.63) is 62.7 Å². The Morgan fingerprint density at radius 2 is 1.85 bits per heavy atom. The van der Waals surface area contributed by atoms with E-state index in [0.29, 0.717) is 10.7 Å². The zero-order chi connectivity index (χ0) is 18.8. The van der Waals surface area contributed by atoms with E-state index in [2.05, 4.69) is 22.6 Å². The van der Waals surface area contributed by atoms with Crippen molar-refractivity contribution in [2.45, 2.75) is 25.9 Å². The molecule has 26 heavy (non-hydrogen) atoms. The summed E-state index contributed by atoms with van der Waals surface area (Å²) in [6.45, 7) is 1.57. The van der Waals surface area contributed by atoms with Gasteiger partial charge >= 0.3 is 0 Å². The fraction of sp³-hybridized carbons (Fsp3) is 0.211. The molecule has 3 amide bonds. The quantitative estimate of drug-likeness (QED) is 0.494. The molecule has 0 radical (unpaired) electrons. The van der Waals surface area contributed by atoms with Gasteiger partial charge in [-0.1, -0.05) is 29.8 Å². The Balaban J connectivity index is 1.88. The average Bonchev–Trinajstić information content (AvgIpc) is 2.89. The van der Waals surface area contributed by atoms with Crippen LogP contribution in [0.15, 0.2) is 48.5 Å². The number of hydrogen-bond donors (Lipinski definition) is 0. The highest BCUT2D eigenvalue weighted by Gasteiger charge is 2.43. The van der Waals surface area contributed by atoms with Crippen LogP contribution in [0, 0.1) is 3.57 Å². The van der Waals surface area contributed by atoms with Gasteiger partial charge in [0, 0.05) is 22.1 Å². The van der Waals surface area contributed by atoms with Crippen molar-refractivity contribution in [2.24, 2.45) is 0 Å². The van der Waals surface area contributed by atoms with Crippen molar-refractivity contribution in [1.29, 1.82) is 0 Å². The van der Waals surface area contributed by atoms with Gasteiger partial charge in [-0.15, -0.1) is 0 Å². The summed E-state index contributed by atoms with van der Waals surface area (Å²) in [5.74, 6) is -0.981. The van der Waals surface area contributed by atoms with Crippen LogP contribution < -0.4 is 4.90 Å². The van der Waals surface area contributed by atoms with Gasteiger partial charge < -0.3 is 4.90 Å².